The average Bonchev–Trinajstić information content (AvgIpc) is 3.27. The first-order valence-electron chi connectivity index (χ1n) is 10.1. The minimum atomic E-state index is -4.79. The standard InChI is InChI=1S/C22H20F4N4O2/c23-18-12-15(19-28-21(32-29-19)22(24,25)26)6-7-17(18)20(31)27-16-8-10-30(11-9-16)13-14-4-2-1-3-5-14/h1-7,12,16H,8-11,13H2,(H,27,31). The second kappa shape index (κ2) is 9.07. The Morgan fingerprint density at radius 2 is 1.84 bits per heavy atom. The third-order valence-electron chi connectivity index (χ3n) is 5.31. The molecule has 2 heterocycles. The van der Waals surface area contributed by atoms with Gasteiger partial charge in [-0.05, 0) is 30.5 Å². The van der Waals surface area contributed by atoms with Gasteiger partial charge < -0.3 is 9.84 Å². The van der Waals surface area contributed by atoms with Crippen LogP contribution < -0.4 is 5.32 Å². The molecular weight excluding hydrogens is 428 g/mol. The molecule has 3 aromatic rings. The van der Waals surface area contributed by atoms with Crippen LogP contribution in [-0.4, -0.2) is 40.1 Å². The largest absolute Gasteiger partial charge is 0.471 e. The predicted octanol–water partition coefficient (Wildman–Crippen LogP) is 4.29. The van der Waals surface area contributed by atoms with E-state index in [1.165, 1.54) is 17.7 Å². The SMILES string of the molecule is O=C(NC1CCN(Cc2ccccc2)CC1)c1ccc(-c2noc(C(F)(F)F)n2)cc1F. The number of likely N-dealkylation sites (tertiary alicyclic amines) is 1. The van der Waals surface area contributed by atoms with Crippen LogP contribution in [0.4, 0.5) is 17.6 Å². The summed E-state index contributed by atoms with van der Waals surface area (Å²) in [5.74, 6) is -3.37. The van der Waals surface area contributed by atoms with Gasteiger partial charge >= 0.3 is 12.1 Å². The van der Waals surface area contributed by atoms with E-state index in [4.69, 9.17) is 0 Å². The van der Waals surface area contributed by atoms with Crippen molar-refractivity contribution >= 4 is 5.91 Å². The number of carbonyl (C=O) groups is 1. The molecule has 1 aliphatic rings. The van der Waals surface area contributed by atoms with Crippen LogP contribution in [0.25, 0.3) is 11.4 Å². The number of rotatable bonds is 5. The van der Waals surface area contributed by atoms with Crippen LogP contribution in [0.1, 0.15) is 34.7 Å². The molecule has 168 valence electrons. The van der Waals surface area contributed by atoms with E-state index in [1.54, 1.807) is 0 Å². The Bertz CT molecular complexity index is 1080. The number of hydrogen-bond donors (Lipinski definition) is 1. The van der Waals surface area contributed by atoms with Gasteiger partial charge in [-0.3, -0.25) is 9.69 Å². The van der Waals surface area contributed by atoms with Crippen molar-refractivity contribution in [2.24, 2.45) is 0 Å². The van der Waals surface area contributed by atoms with Crippen molar-refractivity contribution < 1.29 is 26.9 Å². The summed E-state index contributed by atoms with van der Waals surface area (Å²) >= 11 is 0. The molecule has 0 spiro atoms. The highest BCUT2D eigenvalue weighted by molar-refractivity contribution is 5.95. The van der Waals surface area contributed by atoms with Crippen molar-refractivity contribution in [3.63, 3.8) is 0 Å². The minimum Gasteiger partial charge on any atom is -0.349 e. The molecule has 1 amide bonds. The van der Waals surface area contributed by atoms with Gasteiger partial charge in [-0.2, -0.15) is 18.2 Å². The molecule has 0 radical (unpaired) electrons. The van der Waals surface area contributed by atoms with Crippen LogP contribution in [0.5, 0.6) is 0 Å². The average molecular weight is 448 g/mol. The third-order valence-corrected chi connectivity index (χ3v) is 5.31. The van der Waals surface area contributed by atoms with Gasteiger partial charge in [-0.25, -0.2) is 4.39 Å². The predicted molar refractivity (Wildman–Crippen MR) is 107 cm³/mol. The lowest BCUT2D eigenvalue weighted by molar-refractivity contribution is -0.159. The van der Waals surface area contributed by atoms with Crippen LogP contribution in [0.15, 0.2) is 53.1 Å². The first kappa shape index (κ1) is 21.9. The lowest BCUT2D eigenvalue weighted by Gasteiger charge is -2.32. The summed E-state index contributed by atoms with van der Waals surface area (Å²) in [5, 5.41) is 6.06. The van der Waals surface area contributed by atoms with Crippen LogP contribution in [0.2, 0.25) is 0 Å². The Morgan fingerprint density at radius 3 is 2.47 bits per heavy atom. The molecule has 10 heteroatoms. The quantitative estimate of drug-likeness (QED) is 0.590. The zero-order valence-electron chi connectivity index (χ0n) is 16.9. The fourth-order valence-corrected chi connectivity index (χ4v) is 3.63. The van der Waals surface area contributed by atoms with Crippen LogP contribution in [-0.2, 0) is 12.7 Å². The summed E-state index contributed by atoms with van der Waals surface area (Å²) in [6.45, 7) is 2.45. The summed E-state index contributed by atoms with van der Waals surface area (Å²) in [6.07, 6.45) is -3.32. The molecule has 2 aromatic carbocycles. The first-order chi connectivity index (χ1) is 15.3. The van der Waals surface area contributed by atoms with Gasteiger partial charge in [-0.1, -0.05) is 41.6 Å². The Hall–Kier alpha value is -3.27. The van der Waals surface area contributed by atoms with Crippen LogP contribution in [0, 0.1) is 5.82 Å². The van der Waals surface area contributed by atoms with Gasteiger partial charge in [0.05, 0.1) is 5.56 Å². The van der Waals surface area contributed by atoms with Gasteiger partial charge in [0.25, 0.3) is 5.91 Å². The summed E-state index contributed by atoms with van der Waals surface area (Å²) in [6, 6.07) is 13.4. The van der Waals surface area contributed by atoms with Gasteiger partial charge in [-0.15, -0.1) is 0 Å². The molecule has 0 aliphatic carbocycles. The number of amides is 1. The van der Waals surface area contributed by atoms with Crippen molar-refractivity contribution in [1.82, 2.24) is 20.4 Å². The van der Waals surface area contributed by atoms with Gasteiger partial charge in [0, 0.05) is 31.2 Å². The number of halogens is 4. The summed E-state index contributed by atoms with van der Waals surface area (Å²) in [7, 11) is 0. The molecule has 1 saturated heterocycles. The smallest absolute Gasteiger partial charge is 0.349 e. The topological polar surface area (TPSA) is 71.3 Å². The van der Waals surface area contributed by atoms with E-state index in [1.807, 2.05) is 18.2 Å². The maximum atomic E-state index is 14.5. The summed E-state index contributed by atoms with van der Waals surface area (Å²) in [5.41, 5.74) is 1.01. The lowest BCUT2D eigenvalue weighted by atomic mass is 10.0. The van der Waals surface area contributed by atoms with Crippen molar-refractivity contribution in [2.45, 2.75) is 31.6 Å². The second-order valence-electron chi connectivity index (χ2n) is 7.63. The Balaban J connectivity index is 1.34. The number of nitrogens with one attached hydrogen (secondary N) is 1. The highest BCUT2D eigenvalue weighted by atomic mass is 19.4. The third kappa shape index (κ3) is 5.13. The molecule has 0 atom stereocenters. The Morgan fingerprint density at radius 1 is 1.12 bits per heavy atom. The normalized spacial score (nSPS) is 15.6. The van der Waals surface area contributed by atoms with E-state index in [2.05, 4.69) is 37.0 Å². The molecule has 0 saturated carbocycles. The molecule has 0 bridgehead atoms. The van der Waals surface area contributed by atoms with E-state index >= 15 is 0 Å². The molecular formula is C22H20F4N4O2. The van der Waals surface area contributed by atoms with Crippen molar-refractivity contribution in [1.29, 1.82) is 0 Å². The van der Waals surface area contributed by atoms with E-state index in [0.717, 1.165) is 38.5 Å². The monoisotopic (exact) mass is 448 g/mol. The fourth-order valence-electron chi connectivity index (χ4n) is 3.63. The summed E-state index contributed by atoms with van der Waals surface area (Å²) < 4.78 is 56.5. The highest BCUT2D eigenvalue weighted by Crippen LogP contribution is 2.29. The number of alkyl halides is 3. The summed E-state index contributed by atoms with van der Waals surface area (Å²) in [4.78, 5) is 18.0. The van der Waals surface area contributed by atoms with Crippen molar-refractivity contribution in [3.05, 3.63) is 71.4 Å². The molecule has 1 aliphatic heterocycles. The first-order valence-corrected chi connectivity index (χ1v) is 10.1. The van der Waals surface area contributed by atoms with Crippen molar-refractivity contribution in [3.8, 4) is 11.4 Å². The lowest BCUT2D eigenvalue weighted by Crippen LogP contribution is -2.44. The highest BCUT2D eigenvalue weighted by Gasteiger charge is 2.38. The van der Waals surface area contributed by atoms with E-state index < -0.39 is 29.6 Å². The fraction of sp³-hybridized carbons (Fsp3) is 0.318. The molecule has 1 N–H and O–H groups in total. The molecule has 0 unspecified atom stereocenters. The Kier molecular flexibility index (Phi) is 6.22. The molecule has 32 heavy (non-hydrogen) atoms. The maximum absolute atomic E-state index is 14.5. The van der Waals surface area contributed by atoms with E-state index in [9.17, 15) is 22.4 Å². The number of aromatic nitrogens is 2. The molecule has 4 rings (SSSR count). The van der Waals surface area contributed by atoms with Gasteiger partial charge in [0.1, 0.15) is 5.82 Å². The number of nitrogens with zero attached hydrogens (tertiary/aromatic N) is 3. The van der Waals surface area contributed by atoms with Crippen LogP contribution in [0.3, 0.4) is 0 Å². The zero-order valence-corrected chi connectivity index (χ0v) is 16.9. The number of carbonyl (C=O) groups excluding carboxylic acids is 1. The number of hydrogen-bond acceptors (Lipinski definition) is 5. The minimum absolute atomic E-state index is 0.0208. The number of benzene rings is 2. The number of piperidine rings is 1. The maximum Gasteiger partial charge on any atom is 0.471 e. The second-order valence-corrected chi connectivity index (χ2v) is 7.63. The van der Waals surface area contributed by atoms with Crippen molar-refractivity contribution in [2.75, 3.05) is 13.1 Å². The van der Waals surface area contributed by atoms with E-state index in [0.29, 0.717) is 0 Å². The zero-order chi connectivity index (χ0) is 22.7. The van der Waals surface area contributed by atoms with E-state index in [-0.39, 0.29) is 17.2 Å². The molecule has 6 nitrogen and oxygen atoms in total. The van der Waals surface area contributed by atoms with Crippen LogP contribution >= 0.6 is 0 Å². The Labute approximate surface area is 181 Å². The molecule has 1 fully saturated rings. The molecule has 1 aromatic heterocycles. The van der Waals surface area contributed by atoms with Gasteiger partial charge in [0.15, 0.2) is 0 Å². The van der Waals surface area contributed by atoms with Gasteiger partial charge in [0.2, 0.25) is 5.82 Å².